The monoisotopic (exact) mass is 385 g/mol. The second kappa shape index (κ2) is 8.92. The SMILES string of the molecule is O=C(CSc1nnnn1-c1ccccc1)NNC(=S)Nc1ccccc1. The minimum atomic E-state index is -0.255. The third-order valence-electron chi connectivity index (χ3n) is 3.12. The van der Waals surface area contributed by atoms with Gasteiger partial charge in [0, 0.05) is 5.69 Å². The van der Waals surface area contributed by atoms with Gasteiger partial charge in [0.05, 0.1) is 11.4 Å². The first-order valence-electron chi connectivity index (χ1n) is 7.60. The maximum absolute atomic E-state index is 12.0. The molecule has 2 aromatic carbocycles. The molecule has 0 unspecified atom stereocenters. The van der Waals surface area contributed by atoms with Crippen molar-refractivity contribution in [3.63, 3.8) is 0 Å². The van der Waals surface area contributed by atoms with Crippen molar-refractivity contribution in [2.24, 2.45) is 0 Å². The van der Waals surface area contributed by atoms with Crippen LogP contribution in [0.1, 0.15) is 0 Å². The lowest BCUT2D eigenvalue weighted by Crippen LogP contribution is -2.44. The second-order valence-electron chi connectivity index (χ2n) is 4.99. The molecule has 0 aliphatic heterocycles. The van der Waals surface area contributed by atoms with Crippen LogP contribution < -0.4 is 16.2 Å². The van der Waals surface area contributed by atoms with E-state index in [1.165, 1.54) is 11.8 Å². The molecule has 3 rings (SSSR count). The van der Waals surface area contributed by atoms with Gasteiger partial charge in [-0.2, -0.15) is 4.68 Å². The number of hydrazine groups is 1. The first-order valence-corrected chi connectivity index (χ1v) is 8.99. The highest BCUT2D eigenvalue weighted by Crippen LogP contribution is 2.17. The van der Waals surface area contributed by atoms with E-state index in [1.54, 1.807) is 4.68 Å². The van der Waals surface area contributed by atoms with Crippen LogP contribution >= 0.6 is 24.0 Å². The predicted molar refractivity (Wildman–Crippen MR) is 104 cm³/mol. The Morgan fingerprint density at radius 2 is 1.73 bits per heavy atom. The van der Waals surface area contributed by atoms with E-state index >= 15 is 0 Å². The number of amides is 1. The molecule has 26 heavy (non-hydrogen) atoms. The third-order valence-corrected chi connectivity index (χ3v) is 4.24. The smallest absolute Gasteiger partial charge is 0.248 e. The fourth-order valence-electron chi connectivity index (χ4n) is 1.98. The van der Waals surface area contributed by atoms with Gasteiger partial charge in [0.25, 0.3) is 0 Å². The van der Waals surface area contributed by atoms with E-state index in [0.717, 1.165) is 11.4 Å². The number of hydrogen-bond donors (Lipinski definition) is 3. The zero-order valence-electron chi connectivity index (χ0n) is 13.5. The van der Waals surface area contributed by atoms with Crippen molar-refractivity contribution in [1.82, 2.24) is 31.1 Å². The van der Waals surface area contributed by atoms with Crippen LogP contribution in [-0.2, 0) is 4.79 Å². The maximum atomic E-state index is 12.0. The first kappa shape index (κ1) is 17.8. The lowest BCUT2D eigenvalue weighted by atomic mass is 10.3. The van der Waals surface area contributed by atoms with Crippen molar-refractivity contribution in [2.45, 2.75) is 5.16 Å². The summed E-state index contributed by atoms with van der Waals surface area (Å²) >= 11 is 6.35. The predicted octanol–water partition coefficient (Wildman–Crippen LogP) is 1.77. The van der Waals surface area contributed by atoms with Crippen molar-refractivity contribution in [3.05, 3.63) is 60.7 Å². The molecule has 10 heteroatoms. The Hall–Kier alpha value is -2.98. The van der Waals surface area contributed by atoms with E-state index in [9.17, 15) is 4.79 Å². The summed E-state index contributed by atoms with van der Waals surface area (Å²) in [5.41, 5.74) is 6.84. The van der Waals surface area contributed by atoms with Crippen LogP contribution in [0.3, 0.4) is 0 Å². The number of thioether (sulfide) groups is 1. The average Bonchev–Trinajstić information content (AvgIpc) is 3.15. The van der Waals surface area contributed by atoms with Crippen molar-refractivity contribution in [3.8, 4) is 5.69 Å². The standard InChI is InChI=1S/C16H15N7OS2/c24-14(18-19-15(25)17-12-7-3-1-4-8-12)11-26-16-20-21-22-23(16)13-9-5-2-6-10-13/h1-10H,11H2,(H,18,24)(H2,17,19,25). The van der Waals surface area contributed by atoms with Gasteiger partial charge in [-0.25, -0.2) is 0 Å². The van der Waals surface area contributed by atoms with Crippen LogP contribution in [0.4, 0.5) is 5.69 Å². The number of hydrogen-bond acceptors (Lipinski definition) is 6. The molecule has 0 saturated carbocycles. The molecule has 1 amide bonds. The van der Waals surface area contributed by atoms with Crippen LogP contribution in [0, 0.1) is 0 Å². The van der Waals surface area contributed by atoms with Gasteiger partial charge in [0.15, 0.2) is 5.11 Å². The Labute approximate surface area is 159 Å². The largest absolute Gasteiger partial charge is 0.331 e. The van der Waals surface area contributed by atoms with Gasteiger partial charge in [-0.05, 0) is 46.9 Å². The Balaban J connectivity index is 1.46. The van der Waals surface area contributed by atoms with Crippen molar-refractivity contribution >= 4 is 40.7 Å². The lowest BCUT2D eigenvalue weighted by molar-refractivity contribution is -0.119. The molecule has 0 aliphatic rings. The van der Waals surface area contributed by atoms with Crippen molar-refractivity contribution in [1.29, 1.82) is 0 Å². The molecule has 132 valence electrons. The van der Waals surface area contributed by atoms with Crippen molar-refractivity contribution in [2.75, 3.05) is 11.1 Å². The molecule has 0 aliphatic carbocycles. The molecular weight excluding hydrogens is 370 g/mol. The van der Waals surface area contributed by atoms with Crippen LogP contribution in [0.25, 0.3) is 5.69 Å². The van der Waals surface area contributed by atoms with Crippen LogP contribution in [0.5, 0.6) is 0 Å². The van der Waals surface area contributed by atoms with Gasteiger partial charge in [0.2, 0.25) is 11.1 Å². The second-order valence-corrected chi connectivity index (χ2v) is 6.34. The summed E-state index contributed by atoms with van der Waals surface area (Å²) in [6.07, 6.45) is 0. The highest BCUT2D eigenvalue weighted by Gasteiger charge is 2.11. The van der Waals surface area contributed by atoms with Gasteiger partial charge in [-0.3, -0.25) is 15.6 Å². The Morgan fingerprint density at radius 3 is 2.46 bits per heavy atom. The summed E-state index contributed by atoms with van der Waals surface area (Å²) in [5, 5.41) is 15.3. The van der Waals surface area contributed by atoms with E-state index in [-0.39, 0.29) is 11.7 Å². The number of tetrazole rings is 1. The zero-order chi connectivity index (χ0) is 18.2. The van der Waals surface area contributed by atoms with Gasteiger partial charge in [-0.15, -0.1) is 5.10 Å². The van der Waals surface area contributed by atoms with Gasteiger partial charge in [0.1, 0.15) is 0 Å². The number of carbonyl (C=O) groups excluding carboxylic acids is 1. The summed E-state index contributed by atoms with van der Waals surface area (Å²) in [5.74, 6) is -0.122. The molecule has 0 atom stereocenters. The number of nitrogens with one attached hydrogen (secondary N) is 3. The van der Waals surface area contributed by atoms with E-state index in [1.807, 2.05) is 60.7 Å². The molecule has 1 heterocycles. The van der Waals surface area contributed by atoms with Gasteiger partial charge in [-0.1, -0.05) is 48.2 Å². The summed E-state index contributed by atoms with van der Waals surface area (Å²) in [7, 11) is 0. The molecule has 0 saturated heterocycles. The Morgan fingerprint density at radius 1 is 1.04 bits per heavy atom. The minimum absolute atomic E-state index is 0.133. The number of benzene rings is 2. The molecule has 3 N–H and O–H groups in total. The molecule has 0 spiro atoms. The number of anilines is 1. The molecule has 8 nitrogen and oxygen atoms in total. The number of para-hydroxylation sites is 2. The van der Waals surface area contributed by atoms with E-state index in [2.05, 4.69) is 31.7 Å². The Bertz CT molecular complexity index is 871. The number of carbonyl (C=O) groups is 1. The van der Waals surface area contributed by atoms with Crippen LogP contribution in [0.15, 0.2) is 65.8 Å². The maximum Gasteiger partial charge on any atom is 0.248 e. The Kier molecular flexibility index (Phi) is 6.12. The topological polar surface area (TPSA) is 96.8 Å². The highest BCUT2D eigenvalue weighted by atomic mass is 32.2. The number of thiocarbonyl (C=S) groups is 1. The van der Waals surface area contributed by atoms with E-state index in [0.29, 0.717) is 10.3 Å². The summed E-state index contributed by atoms with van der Waals surface area (Å²) in [6.45, 7) is 0. The molecular formula is C16H15N7OS2. The average molecular weight is 385 g/mol. The molecule has 0 fully saturated rings. The lowest BCUT2D eigenvalue weighted by Gasteiger charge is -2.11. The molecule has 3 aromatic rings. The van der Waals surface area contributed by atoms with Crippen LogP contribution in [-0.4, -0.2) is 37.0 Å². The molecule has 0 bridgehead atoms. The summed E-state index contributed by atoms with van der Waals surface area (Å²) in [4.78, 5) is 12.0. The van der Waals surface area contributed by atoms with E-state index < -0.39 is 0 Å². The number of nitrogens with zero attached hydrogens (tertiary/aromatic N) is 4. The molecule has 0 radical (unpaired) electrons. The normalized spacial score (nSPS) is 10.2. The minimum Gasteiger partial charge on any atom is -0.331 e. The molecule has 1 aromatic heterocycles. The summed E-state index contributed by atoms with van der Waals surface area (Å²) < 4.78 is 1.58. The quantitative estimate of drug-likeness (QED) is 0.347. The van der Waals surface area contributed by atoms with Crippen LogP contribution in [0.2, 0.25) is 0 Å². The zero-order valence-corrected chi connectivity index (χ0v) is 15.1. The number of rotatable bonds is 5. The number of aromatic nitrogens is 4. The third kappa shape index (κ3) is 5.01. The van der Waals surface area contributed by atoms with Gasteiger partial charge >= 0.3 is 0 Å². The fraction of sp³-hybridized carbons (Fsp3) is 0.0625. The fourth-order valence-corrected chi connectivity index (χ4v) is 2.84. The van der Waals surface area contributed by atoms with E-state index in [4.69, 9.17) is 12.2 Å². The first-order chi connectivity index (χ1) is 12.7. The highest BCUT2D eigenvalue weighted by molar-refractivity contribution is 7.99. The summed E-state index contributed by atoms with van der Waals surface area (Å²) in [6, 6.07) is 18.9. The van der Waals surface area contributed by atoms with Crippen molar-refractivity contribution < 1.29 is 4.79 Å². The van der Waals surface area contributed by atoms with Gasteiger partial charge < -0.3 is 5.32 Å².